The molecule has 0 unspecified atom stereocenters. The first-order valence-electron chi connectivity index (χ1n) is 5.50. The van der Waals surface area contributed by atoms with Gasteiger partial charge in [-0.25, -0.2) is 4.98 Å². The van der Waals surface area contributed by atoms with E-state index in [0.29, 0.717) is 0 Å². The molecule has 0 aliphatic carbocycles. The van der Waals surface area contributed by atoms with Gasteiger partial charge in [-0.05, 0) is 25.8 Å². The van der Waals surface area contributed by atoms with Crippen LogP contribution >= 0.6 is 11.3 Å². The van der Waals surface area contributed by atoms with Gasteiger partial charge in [0.1, 0.15) is 0 Å². The number of hydrogen-bond acceptors (Lipinski definition) is 3. The predicted octanol–water partition coefficient (Wildman–Crippen LogP) is 2.99. The van der Waals surface area contributed by atoms with Gasteiger partial charge in [-0.2, -0.15) is 0 Å². The summed E-state index contributed by atoms with van der Waals surface area (Å²) in [7, 11) is 0. The molecule has 0 saturated heterocycles. The van der Waals surface area contributed by atoms with E-state index < -0.39 is 0 Å². The van der Waals surface area contributed by atoms with Gasteiger partial charge in [0.15, 0.2) is 0 Å². The normalized spacial score (nSPS) is 10.7. The van der Waals surface area contributed by atoms with Crippen LogP contribution in [0.1, 0.15) is 43.8 Å². The Bertz CT molecular complexity index is 245. The van der Waals surface area contributed by atoms with Crippen LogP contribution < -0.4 is 5.32 Å². The van der Waals surface area contributed by atoms with Crippen LogP contribution in [0, 0.1) is 0 Å². The molecule has 0 saturated carbocycles. The summed E-state index contributed by atoms with van der Waals surface area (Å²) >= 11 is 1.80. The summed E-state index contributed by atoms with van der Waals surface area (Å²) in [5.74, 6) is 0. The van der Waals surface area contributed by atoms with Gasteiger partial charge >= 0.3 is 0 Å². The Hall–Kier alpha value is -0.410. The van der Waals surface area contributed by atoms with E-state index in [1.54, 1.807) is 11.3 Å². The van der Waals surface area contributed by atoms with Crippen LogP contribution in [0.25, 0.3) is 0 Å². The van der Waals surface area contributed by atoms with Crippen molar-refractivity contribution in [3.8, 4) is 0 Å². The number of aromatic nitrogens is 1. The van der Waals surface area contributed by atoms with Gasteiger partial charge in [-0.3, -0.25) is 0 Å². The summed E-state index contributed by atoms with van der Waals surface area (Å²) in [5, 5.41) is 6.83. The summed E-state index contributed by atoms with van der Waals surface area (Å²) < 4.78 is 0. The van der Waals surface area contributed by atoms with E-state index in [-0.39, 0.29) is 0 Å². The minimum absolute atomic E-state index is 0.927. The average Bonchev–Trinajstić information content (AvgIpc) is 2.63. The van der Waals surface area contributed by atoms with Gasteiger partial charge in [0.25, 0.3) is 0 Å². The largest absolute Gasteiger partial charge is 0.311 e. The van der Waals surface area contributed by atoms with Gasteiger partial charge in [0.05, 0.1) is 10.7 Å². The topological polar surface area (TPSA) is 24.9 Å². The number of aryl methyl sites for hydroxylation is 1. The molecule has 3 heteroatoms. The van der Waals surface area contributed by atoms with E-state index in [1.165, 1.54) is 30.0 Å². The maximum absolute atomic E-state index is 4.58. The molecule has 1 rings (SSSR count). The lowest BCUT2D eigenvalue weighted by atomic mass is 10.3. The second kappa shape index (κ2) is 6.96. The molecular weight excluding hydrogens is 192 g/mol. The zero-order valence-electron chi connectivity index (χ0n) is 9.18. The molecule has 1 aromatic heterocycles. The number of nitrogens with zero attached hydrogens (tertiary/aromatic N) is 1. The molecule has 0 aliphatic heterocycles. The van der Waals surface area contributed by atoms with Crippen molar-refractivity contribution in [3.05, 3.63) is 16.1 Å². The molecule has 0 aromatic carbocycles. The molecule has 0 aliphatic rings. The molecule has 1 heterocycles. The monoisotopic (exact) mass is 212 g/mol. The van der Waals surface area contributed by atoms with Gasteiger partial charge in [-0.1, -0.05) is 20.3 Å². The predicted molar refractivity (Wildman–Crippen MR) is 62.7 cm³/mol. The maximum Gasteiger partial charge on any atom is 0.0928 e. The van der Waals surface area contributed by atoms with Gasteiger partial charge in [0.2, 0.25) is 0 Å². The van der Waals surface area contributed by atoms with Crippen molar-refractivity contribution in [2.75, 3.05) is 6.54 Å². The first-order chi connectivity index (χ1) is 6.86. The Labute approximate surface area is 90.8 Å². The Morgan fingerprint density at radius 2 is 2.21 bits per heavy atom. The fourth-order valence-corrected chi connectivity index (χ4v) is 2.11. The molecule has 1 aromatic rings. The van der Waals surface area contributed by atoms with Crippen molar-refractivity contribution in [2.45, 2.75) is 46.1 Å². The number of hydrogen-bond donors (Lipinski definition) is 1. The van der Waals surface area contributed by atoms with Crippen LogP contribution in [0.15, 0.2) is 5.38 Å². The summed E-state index contributed by atoms with van der Waals surface area (Å²) in [5.41, 5.74) is 1.20. The molecule has 80 valence electrons. The quantitative estimate of drug-likeness (QED) is 0.703. The van der Waals surface area contributed by atoms with E-state index in [9.17, 15) is 0 Å². The smallest absolute Gasteiger partial charge is 0.0928 e. The lowest BCUT2D eigenvalue weighted by Gasteiger charge is -1.98. The highest BCUT2D eigenvalue weighted by molar-refractivity contribution is 7.09. The van der Waals surface area contributed by atoms with Crippen LogP contribution in [0.4, 0.5) is 0 Å². The Morgan fingerprint density at radius 1 is 1.36 bits per heavy atom. The maximum atomic E-state index is 4.58. The highest BCUT2D eigenvalue weighted by atomic mass is 32.1. The molecule has 0 fully saturated rings. The fourth-order valence-electron chi connectivity index (χ4n) is 1.27. The highest BCUT2D eigenvalue weighted by Crippen LogP contribution is 2.12. The second-order valence-electron chi connectivity index (χ2n) is 3.51. The molecule has 14 heavy (non-hydrogen) atoms. The van der Waals surface area contributed by atoms with E-state index >= 15 is 0 Å². The van der Waals surface area contributed by atoms with Gasteiger partial charge in [0, 0.05) is 11.9 Å². The van der Waals surface area contributed by atoms with Crippen LogP contribution in [0.2, 0.25) is 0 Å². The zero-order chi connectivity index (χ0) is 10.2. The summed E-state index contributed by atoms with van der Waals surface area (Å²) in [6.45, 7) is 6.41. The van der Waals surface area contributed by atoms with Crippen molar-refractivity contribution in [2.24, 2.45) is 0 Å². The molecule has 2 nitrogen and oxygen atoms in total. The molecule has 1 N–H and O–H groups in total. The second-order valence-corrected chi connectivity index (χ2v) is 4.46. The molecule has 0 radical (unpaired) electrons. The first-order valence-corrected chi connectivity index (χ1v) is 6.38. The first kappa shape index (κ1) is 11.7. The third kappa shape index (κ3) is 4.20. The van der Waals surface area contributed by atoms with Crippen LogP contribution in [-0.4, -0.2) is 11.5 Å². The lowest BCUT2D eigenvalue weighted by molar-refractivity contribution is 0.664. The van der Waals surface area contributed by atoms with Crippen molar-refractivity contribution < 1.29 is 0 Å². The van der Waals surface area contributed by atoms with E-state index in [4.69, 9.17) is 0 Å². The SMILES string of the molecule is CCCCc1nc(CNCCC)cs1. The fraction of sp³-hybridized carbons (Fsp3) is 0.727. The average molecular weight is 212 g/mol. The van der Waals surface area contributed by atoms with Crippen LogP contribution in [0.5, 0.6) is 0 Å². The Balaban J connectivity index is 2.27. The van der Waals surface area contributed by atoms with Crippen LogP contribution in [0.3, 0.4) is 0 Å². The zero-order valence-corrected chi connectivity index (χ0v) is 9.99. The number of unbranched alkanes of at least 4 members (excludes halogenated alkanes) is 1. The molecular formula is C11H20N2S. The minimum Gasteiger partial charge on any atom is -0.311 e. The summed E-state index contributed by atoms with van der Waals surface area (Å²) in [6.07, 6.45) is 4.85. The third-order valence-electron chi connectivity index (χ3n) is 2.08. The van der Waals surface area contributed by atoms with Crippen LogP contribution in [-0.2, 0) is 13.0 Å². The van der Waals surface area contributed by atoms with E-state index in [0.717, 1.165) is 19.5 Å². The Kier molecular flexibility index (Phi) is 5.80. The number of nitrogens with one attached hydrogen (secondary N) is 1. The summed E-state index contributed by atoms with van der Waals surface area (Å²) in [6, 6.07) is 0. The molecule has 0 bridgehead atoms. The van der Waals surface area contributed by atoms with Crippen molar-refractivity contribution in [3.63, 3.8) is 0 Å². The molecule has 0 spiro atoms. The minimum atomic E-state index is 0.927. The molecule has 0 atom stereocenters. The number of rotatable bonds is 7. The van der Waals surface area contributed by atoms with Crippen molar-refractivity contribution in [1.29, 1.82) is 0 Å². The van der Waals surface area contributed by atoms with Gasteiger partial charge < -0.3 is 5.32 Å². The lowest BCUT2D eigenvalue weighted by Crippen LogP contribution is -2.13. The van der Waals surface area contributed by atoms with Gasteiger partial charge in [-0.15, -0.1) is 11.3 Å². The standard InChI is InChI=1S/C11H20N2S/c1-3-5-6-11-13-10(9-14-11)8-12-7-4-2/h9,12H,3-8H2,1-2H3. The van der Waals surface area contributed by atoms with E-state index in [1.807, 2.05) is 0 Å². The Morgan fingerprint density at radius 3 is 2.93 bits per heavy atom. The van der Waals surface area contributed by atoms with Crippen molar-refractivity contribution >= 4 is 11.3 Å². The summed E-state index contributed by atoms with van der Waals surface area (Å²) in [4.78, 5) is 4.58. The molecule has 0 amide bonds. The highest BCUT2D eigenvalue weighted by Gasteiger charge is 2.00. The number of thiazole rings is 1. The van der Waals surface area contributed by atoms with Crippen molar-refractivity contribution in [1.82, 2.24) is 10.3 Å². The third-order valence-corrected chi connectivity index (χ3v) is 3.03. The van der Waals surface area contributed by atoms with E-state index in [2.05, 4.69) is 29.5 Å².